The Morgan fingerprint density at radius 2 is 1.83 bits per heavy atom. The molecule has 1 amide bonds. The van der Waals surface area contributed by atoms with Crippen molar-refractivity contribution in [1.82, 2.24) is 19.9 Å². The Kier molecular flexibility index (Phi) is 8.48. The van der Waals surface area contributed by atoms with Gasteiger partial charge in [-0.2, -0.15) is 18.2 Å². The van der Waals surface area contributed by atoms with Crippen LogP contribution in [0.5, 0.6) is 0 Å². The smallest absolute Gasteiger partial charge is 0.399 e. The van der Waals surface area contributed by atoms with E-state index in [1.54, 1.807) is 52.0 Å². The van der Waals surface area contributed by atoms with Gasteiger partial charge in [-0.3, -0.25) is 19.0 Å². The van der Waals surface area contributed by atoms with Crippen molar-refractivity contribution in [2.75, 3.05) is 18.2 Å². The van der Waals surface area contributed by atoms with Crippen molar-refractivity contribution in [2.24, 2.45) is 5.16 Å². The number of aromatic nitrogens is 2. The Morgan fingerprint density at radius 3 is 2.45 bits per heavy atom. The van der Waals surface area contributed by atoms with E-state index in [4.69, 9.17) is 15.4 Å². The standard InChI is InChI=1S/C28H32F3N7O4/c1-16(2)35-24-26(40)37(22(14-34-24)19-10-20(28(29,30)31)12-21(32)11-19)15-23(39)33-13-17-6-8-18(9-7-17)25-36-42-27(3,4)38(25)41-5/h6-12,14,16H,13,15,32H2,1-5H3,(H,33,39)(H,34,35). The molecule has 4 rings (SSSR count). The number of hydroxylamine groups is 2. The zero-order chi connectivity index (χ0) is 30.8. The molecule has 0 atom stereocenters. The molecule has 1 aliphatic rings. The quantitative estimate of drug-likeness (QED) is 0.321. The largest absolute Gasteiger partial charge is 0.416 e. The topological polar surface area (TPSA) is 136 Å². The molecule has 224 valence electrons. The van der Waals surface area contributed by atoms with Crippen LogP contribution in [0.1, 0.15) is 44.4 Å². The number of benzene rings is 2. The molecule has 0 spiro atoms. The van der Waals surface area contributed by atoms with Crippen LogP contribution in [-0.2, 0) is 33.7 Å². The van der Waals surface area contributed by atoms with Crippen LogP contribution in [0, 0.1) is 0 Å². The Hall–Kier alpha value is -4.59. The first kappa shape index (κ1) is 30.4. The van der Waals surface area contributed by atoms with Crippen LogP contribution in [0.25, 0.3) is 11.3 Å². The molecular weight excluding hydrogens is 555 g/mol. The van der Waals surface area contributed by atoms with Crippen LogP contribution in [-0.4, -0.2) is 45.2 Å². The second kappa shape index (κ2) is 11.7. The van der Waals surface area contributed by atoms with Crippen LogP contribution in [0.4, 0.5) is 24.7 Å². The van der Waals surface area contributed by atoms with Crippen LogP contribution >= 0.6 is 0 Å². The van der Waals surface area contributed by atoms with Gasteiger partial charge < -0.3 is 21.2 Å². The van der Waals surface area contributed by atoms with Crippen LogP contribution in [0.2, 0.25) is 0 Å². The second-order valence-electron chi connectivity index (χ2n) is 10.4. The average Bonchev–Trinajstić information content (AvgIpc) is 3.22. The number of halogens is 3. The van der Waals surface area contributed by atoms with Gasteiger partial charge >= 0.3 is 6.18 Å². The normalized spacial score (nSPS) is 14.5. The summed E-state index contributed by atoms with van der Waals surface area (Å²) in [5, 5.41) is 11.3. The minimum absolute atomic E-state index is 0.00139. The Labute approximate surface area is 240 Å². The molecule has 0 fully saturated rings. The molecule has 4 N–H and O–H groups in total. The van der Waals surface area contributed by atoms with E-state index in [0.717, 1.165) is 27.8 Å². The number of anilines is 2. The summed E-state index contributed by atoms with van der Waals surface area (Å²) >= 11 is 0. The number of alkyl halides is 3. The van der Waals surface area contributed by atoms with Crippen molar-refractivity contribution < 1.29 is 27.6 Å². The van der Waals surface area contributed by atoms with Gasteiger partial charge in [0.15, 0.2) is 5.82 Å². The summed E-state index contributed by atoms with van der Waals surface area (Å²) in [5.74, 6) is -0.0853. The molecule has 1 aliphatic heterocycles. The fraction of sp³-hybridized carbons (Fsp3) is 0.357. The maximum absolute atomic E-state index is 13.5. The highest BCUT2D eigenvalue weighted by atomic mass is 19.4. The minimum Gasteiger partial charge on any atom is -0.399 e. The van der Waals surface area contributed by atoms with Crippen molar-refractivity contribution in [3.63, 3.8) is 0 Å². The van der Waals surface area contributed by atoms with Gasteiger partial charge in [0.05, 0.1) is 24.6 Å². The predicted molar refractivity (Wildman–Crippen MR) is 151 cm³/mol. The van der Waals surface area contributed by atoms with Crippen molar-refractivity contribution in [3.8, 4) is 11.3 Å². The fourth-order valence-electron chi connectivity index (χ4n) is 4.34. The maximum atomic E-state index is 13.5. The molecule has 0 bridgehead atoms. The number of nitrogens with zero attached hydrogens (tertiary/aromatic N) is 4. The highest BCUT2D eigenvalue weighted by Gasteiger charge is 2.39. The molecule has 42 heavy (non-hydrogen) atoms. The van der Waals surface area contributed by atoms with Crippen LogP contribution in [0.15, 0.2) is 58.6 Å². The van der Waals surface area contributed by atoms with Gasteiger partial charge in [-0.1, -0.05) is 29.4 Å². The maximum Gasteiger partial charge on any atom is 0.416 e. The van der Waals surface area contributed by atoms with E-state index >= 15 is 0 Å². The summed E-state index contributed by atoms with van der Waals surface area (Å²) in [5.41, 5.74) is 4.67. The van der Waals surface area contributed by atoms with E-state index in [1.165, 1.54) is 24.4 Å². The van der Waals surface area contributed by atoms with Gasteiger partial charge in [0.25, 0.3) is 5.56 Å². The highest BCUT2D eigenvalue weighted by Crippen LogP contribution is 2.34. The van der Waals surface area contributed by atoms with E-state index in [1.807, 2.05) is 0 Å². The third-order valence-electron chi connectivity index (χ3n) is 6.28. The van der Waals surface area contributed by atoms with Gasteiger partial charge in [-0.25, -0.2) is 4.98 Å². The van der Waals surface area contributed by atoms with E-state index < -0.39 is 35.5 Å². The number of nitrogen functional groups attached to an aromatic ring is 1. The lowest BCUT2D eigenvalue weighted by Gasteiger charge is -2.28. The number of hydrogen-bond donors (Lipinski definition) is 3. The molecule has 3 aromatic rings. The molecule has 0 saturated heterocycles. The van der Waals surface area contributed by atoms with Crippen LogP contribution < -0.4 is 21.9 Å². The van der Waals surface area contributed by atoms with E-state index in [-0.39, 0.29) is 35.3 Å². The molecule has 1 aromatic heterocycles. The average molecular weight is 588 g/mol. The second-order valence-corrected chi connectivity index (χ2v) is 10.4. The number of hydrogen-bond acceptors (Lipinski definition) is 9. The lowest BCUT2D eigenvalue weighted by atomic mass is 10.1. The number of amidine groups is 1. The highest BCUT2D eigenvalue weighted by molar-refractivity contribution is 5.98. The van der Waals surface area contributed by atoms with Gasteiger partial charge in [0, 0.05) is 29.4 Å². The van der Waals surface area contributed by atoms with E-state index in [9.17, 15) is 22.8 Å². The number of carbonyl (C=O) groups excluding carboxylic acids is 1. The molecule has 2 aromatic carbocycles. The number of amides is 1. The SMILES string of the molecule is CON1C(c2ccc(CNC(=O)Cn3c(-c4cc(N)cc(C(F)(F)F)c4)cnc(NC(C)C)c3=O)cc2)=NOC1(C)C. The van der Waals surface area contributed by atoms with Crippen molar-refractivity contribution in [3.05, 3.63) is 75.7 Å². The summed E-state index contributed by atoms with van der Waals surface area (Å²) in [6, 6.07) is 9.97. The van der Waals surface area contributed by atoms with Gasteiger partial charge in [0.2, 0.25) is 17.5 Å². The minimum atomic E-state index is -4.66. The zero-order valence-corrected chi connectivity index (χ0v) is 23.7. The van der Waals surface area contributed by atoms with Crippen LogP contribution in [0.3, 0.4) is 0 Å². The Bertz CT molecular complexity index is 1550. The summed E-state index contributed by atoms with van der Waals surface area (Å²) in [6.07, 6.45) is -3.42. The summed E-state index contributed by atoms with van der Waals surface area (Å²) < 4.78 is 41.5. The van der Waals surface area contributed by atoms with Gasteiger partial charge in [-0.05, 0) is 51.5 Å². The Morgan fingerprint density at radius 1 is 1.14 bits per heavy atom. The molecule has 2 heterocycles. The molecule has 0 saturated carbocycles. The molecule has 0 radical (unpaired) electrons. The van der Waals surface area contributed by atoms with E-state index in [2.05, 4.69) is 20.8 Å². The zero-order valence-electron chi connectivity index (χ0n) is 23.7. The lowest BCUT2D eigenvalue weighted by Crippen LogP contribution is -2.43. The molecule has 0 aliphatic carbocycles. The number of rotatable bonds is 9. The molecule has 14 heteroatoms. The van der Waals surface area contributed by atoms with Crippen molar-refractivity contribution in [1.29, 1.82) is 0 Å². The van der Waals surface area contributed by atoms with Gasteiger partial charge in [-0.15, -0.1) is 0 Å². The first-order valence-corrected chi connectivity index (χ1v) is 13.0. The van der Waals surface area contributed by atoms with Crippen molar-refractivity contribution >= 4 is 23.2 Å². The summed E-state index contributed by atoms with van der Waals surface area (Å²) in [4.78, 5) is 41.2. The lowest BCUT2D eigenvalue weighted by molar-refractivity contribution is -0.212. The Balaban J connectivity index is 1.56. The summed E-state index contributed by atoms with van der Waals surface area (Å²) in [6.45, 7) is 6.87. The fourth-order valence-corrected chi connectivity index (χ4v) is 4.34. The number of nitrogens with one attached hydrogen (secondary N) is 2. The third-order valence-corrected chi connectivity index (χ3v) is 6.28. The third kappa shape index (κ3) is 6.65. The number of oxime groups is 1. The molecule has 11 nitrogen and oxygen atoms in total. The van der Waals surface area contributed by atoms with E-state index in [0.29, 0.717) is 5.84 Å². The monoisotopic (exact) mass is 587 g/mol. The summed E-state index contributed by atoms with van der Waals surface area (Å²) in [7, 11) is 1.51. The molecular formula is C28H32F3N7O4. The van der Waals surface area contributed by atoms with Gasteiger partial charge in [0.1, 0.15) is 6.54 Å². The number of carbonyl (C=O) groups is 1. The first-order chi connectivity index (χ1) is 19.7. The first-order valence-electron chi connectivity index (χ1n) is 13.0. The van der Waals surface area contributed by atoms with Crippen molar-refractivity contribution in [2.45, 2.75) is 58.7 Å². The number of nitrogens with two attached hydrogens (primary N) is 1. The predicted octanol–water partition coefficient (Wildman–Crippen LogP) is 3.94. The molecule has 0 unspecified atom stereocenters.